The van der Waals surface area contributed by atoms with Crippen LogP contribution in [0.25, 0.3) is 11.2 Å². The van der Waals surface area contributed by atoms with Crippen LogP contribution in [0.15, 0.2) is 41.8 Å². The zero-order valence-electron chi connectivity index (χ0n) is 17.3. The lowest BCUT2D eigenvalue weighted by molar-refractivity contribution is 0.123. The molecule has 0 radical (unpaired) electrons. The number of aryl methyl sites for hydroxylation is 2. The van der Waals surface area contributed by atoms with E-state index in [1.54, 1.807) is 6.33 Å². The molecule has 0 atom stereocenters. The quantitative estimate of drug-likeness (QED) is 0.501. The highest BCUT2D eigenvalue weighted by molar-refractivity contribution is 5.99. The van der Waals surface area contributed by atoms with Crippen LogP contribution in [-0.2, 0) is 11.3 Å². The Morgan fingerprint density at radius 2 is 2.13 bits per heavy atom. The molecule has 1 N–H and O–H groups in total. The molecule has 0 unspecified atom stereocenters. The molecule has 1 fully saturated rings. The molecule has 0 amide bonds. The van der Waals surface area contributed by atoms with E-state index in [0.717, 1.165) is 41.2 Å². The Hall–Kier alpha value is -3.44. The van der Waals surface area contributed by atoms with Crippen molar-refractivity contribution in [3.05, 3.63) is 47.8 Å². The normalized spacial score (nSPS) is 14.7. The average Bonchev–Trinajstić information content (AvgIpc) is 3.19. The van der Waals surface area contributed by atoms with Gasteiger partial charge in [0.25, 0.3) is 0 Å². The van der Waals surface area contributed by atoms with Gasteiger partial charge in [-0.1, -0.05) is 29.8 Å². The summed E-state index contributed by atoms with van der Waals surface area (Å²) in [5, 5.41) is 13.5. The molecule has 1 saturated heterocycles. The highest BCUT2D eigenvalue weighted by Gasteiger charge is 2.19. The molecule has 3 heterocycles. The van der Waals surface area contributed by atoms with E-state index < -0.39 is 0 Å². The van der Waals surface area contributed by atoms with Gasteiger partial charge in [-0.05, 0) is 19.4 Å². The first-order chi connectivity index (χ1) is 14.7. The maximum absolute atomic E-state index is 8.97. The fraction of sp³-hybridized carbons (Fsp3) is 0.364. The minimum atomic E-state index is 0.405. The molecule has 2 aromatic heterocycles. The van der Waals surface area contributed by atoms with Crippen LogP contribution < -0.4 is 10.3 Å². The van der Waals surface area contributed by atoms with Crippen molar-refractivity contribution in [1.82, 2.24) is 14.5 Å². The smallest absolute Gasteiger partial charge is 0.164 e. The third kappa shape index (κ3) is 4.26. The number of benzene rings is 1. The number of hydrazone groups is 1. The molecule has 0 aliphatic carbocycles. The number of aromatic nitrogens is 3. The fourth-order valence-corrected chi connectivity index (χ4v) is 3.53. The minimum Gasteiger partial charge on any atom is -0.378 e. The molecular formula is C22H25N7O. The van der Waals surface area contributed by atoms with Gasteiger partial charge in [0.15, 0.2) is 11.5 Å². The fourth-order valence-electron chi connectivity index (χ4n) is 3.53. The molecule has 8 heteroatoms. The van der Waals surface area contributed by atoms with Crippen LogP contribution in [0, 0.1) is 18.3 Å². The van der Waals surface area contributed by atoms with Crippen molar-refractivity contribution in [1.29, 1.82) is 5.26 Å². The highest BCUT2D eigenvalue weighted by atomic mass is 16.5. The van der Waals surface area contributed by atoms with Crippen molar-refractivity contribution in [2.24, 2.45) is 5.10 Å². The first-order valence-electron chi connectivity index (χ1n) is 10.1. The molecule has 154 valence electrons. The van der Waals surface area contributed by atoms with E-state index >= 15 is 0 Å². The lowest BCUT2D eigenvalue weighted by atomic mass is 10.1. The summed E-state index contributed by atoms with van der Waals surface area (Å²) < 4.78 is 7.42. The van der Waals surface area contributed by atoms with E-state index in [2.05, 4.69) is 45.5 Å². The number of hydrogen-bond donors (Lipinski definition) is 1. The van der Waals surface area contributed by atoms with Gasteiger partial charge < -0.3 is 14.2 Å². The molecule has 8 nitrogen and oxygen atoms in total. The van der Waals surface area contributed by atoms with Crippen LogP contribution in [-0.4, -0.2) is 46.6 Å². The largest absolute Gasteiger partial charge is 0.378 e. The second kappa shape index (κ2) is 8.93. The van der Waals surface area contributed by atoms with Gasteiger partial charge in [0, 0.05) is 25.7 Å². The Kier molecular flexibility index (Phi) is 5.91. The van der Waals surface area contributed by atoms with Crippen LogP contribution in [0.2, 0.25) is 0 Å². The Morgan fingerprint density at radius 1 is 1.30 bits per heavy atom. The molecule has 4 rings (SSSR count). The Labute approximate surface area is 175 Å². The number of nitrogens with one attached hydrogen (secondary N) is 1. The summed E-state index contributed by atoms with van der Waals surface area (Å²) in [4.78, 5) is 11.6. The SMILES string of the molecule is C/C(=N\Nc1cc(N2CCOCC2)c2ncn(CCC#N)c2n1)c1cccc(C)c1. The summed E-state index contributed by atoms with van der Waals surface area (Å²) in [6.45, 7) is 7.57. The second-order valence-corrected chi connectivity index (χ2v) is 7.32. The van der Waals surface area contributed by atoms with Gasteiger partial charge in [0.05, 0.1) is 43.4 Å². The first-order valence-corrected chi connectivity index (χ1v) is 10.1. The lowest BCUT2D eigenvalue weighted by Crippen LogP contribution is -2.36. The zero-order valence-corrected chi connectivity index (χ0v) is 17.3. The van der Waals surface area contributed by atoms with Gasteiger partial charge >= 0.3 is 0 Å². The lowest BCUT2D eigenvalue weighted by Gasteiger charge is -2.29. The second-order valence-electron chi connectivity index (χ2n) is 7.32. The Balaban J connectivity index is 1.69. The molecule has 1 aliphatic rings. The molecule has 1 aliphatic heterocycles. The van der Waals surface area contributed by atoms with Crippen molar-refractivity contribution in [2.75, 3.05) is 36.6 Å². The average molecular weight is 403 g/mol. The minimum absolute atomic E-state index is 0.405. The van der Waals surface area contributed by atoms with Gasteiger partial charge in [0.2, 0.25) is 0 Å². The van der Waals surface area contributed by atoms with Crippen molar-refractivity contribution in [2.45, 2.75) is 26.8 Å². The number of imidazole rings is 1. The van der Waals surface area contributed by atoms with Crippen molar-refractivity contribution in [3.63, 3.8) is 0 Å². The summed E-state index contributed by atoms with van der Waals surface area (Å²) in [5.41, 5.74) is 8.85. The number of nitrogens with zero attached hydrogens (tertiary/aromatic N) is 6. The van der Waals surface area contributed by atoms with E-state index in [9.17, 15) is 0 Å². The standard InChI is InChI=1S/C22H25N7O/c1-16-5-3-6-18(13-16)17(2)26-27-20-14-19(28-9-11-30-12-10-28)21-22(25-20)29(15-24-21)8-4-7-23/h3,5-6,13-15H,4,8-12H2,1-2H3,(H,25,27)/b26-17+. The van der Waals surface area contributed by atoms with Gasteiger partial charge in [-0.25, -0.2) is 9.97 Å². The third-order valence-corrected chi connectivity index (χ3v) is 5.14. The number of anilines is 2. The predicted molar refractivity (Wildman–Crippen MR) is 118 cm³/mol. The monoisotopic (exact) mass is 403 g/mol. The van der Waals surface area contributed by atoms with Gasteiger partial charge in [-0.2, -0.15) is 10.4 Å². The summed E-state index contributed by atoms with van der Waals surface area (Å²) in [6, 6.07) is 12.4. The summed E-state index contributed by atoms with van der Waals surface area (Å²) in [5.74, 6) is 0.648. The number of fused-ring (bicyclic) bond motifs is 1. The summed E-state index contributed by atoms with van der Waals surface area (Å²) in [7, 11) is 0. The van der Waals surface area contributed by atoms with Crippen LogP contribution in [0.3, 0.4) is 0 Å². The molecule has 30 heavy (non-hydrogen) atoms. The maximum Gasteiger partial charge on any atom is 0.164 e. The molecular weight excluding hydrogens is 378 g/mol. The number of rotatable bonds is 6. The van der Waals surface area contributed by atoms with Crippen LogP contribution >= 0.6 is 0 Å². The van der Waals surface area contributed by atoms with E-state index in [4.69, 9.17) is 15.0 Å². The first kappa shape index (κ1) is 19.9. The zero-order chi connectivity index (χ0) is 20.9. The number of ether oxygens (including phenoxy) is 1. The van der Waals surface area contributed by atoms with Crippen molar-refractivity contribution >= 4 is 28.4 Å². The molecule has 0 spiro atoms. The number of pyridine rings is 1. The highest BCUT2D eigenvalue weighted by Crippen LogP contribution is 2.28. The summed E-state index contributed by atoms with van der Waals surface area (Å²) >= 11 is 0. The predicted octanol–water partition coefficient (Wildman–Crippen LogP) is 3.33. The van der Waals surface area contributed by atoms with E-state index in [1.807, 2.05) is 29.7 Å². The van der Waals surface area contributed by atoms with E-state index in [0.29, 0.717) is 32.0 Å². The molecule has 0 bridgehead atoms. The van der Waals surface area contributed by atoms with Crippen molar-refractivity contribution < 1.29 is 4.74 Å². The third-order valence-electron chi connectivity index (χ3n) is 5.14. The topological polar surface area (TPSA) is 91.4 Å². The number of nitriles is 1. The van der Waals surface area contributed by atoms with Crippen LogP contribution in [0.1, 0.15) is 24.5 Å². The van der Waals surface area contributed by atoms with E-state index in [1.165, 1.54) is 5.56 Å². The van der Waals surface area contributed by atoms with Crippen LogP contribution in [0.4, 0.5) is 11.5 Å². The Bertz CT molecular complexity index is 1110. The number of morpholine rings is 1. The maximum atomic E-state index is 8.97. The van der Waals surface area contributed by atoms with Gasteiger partial charge in [-0.15, -0.1) is 0 Å². The molecule has 0 saturated carbocycles. The van der Waals surface area contributed by atoms with Crippen LogP contribution in [0.5, 0.6) is 0 Å². The number of hydrogen-bond acceptors (Lipinski definition) is 7. The molecule has 1 aromatic carbocycles. The van der Waals surface area contributed by atoms with Gasteiger partial charge in [-0.3, -0.25) is 5.43 Å². The Morgan fingerprint density at radius 3 is 2.90 bits per heavy atom. The van der Waals surface area contributed by atoms with E-state index in [-0.39, 0.29) is 0 Å². The molecule has 3 aromatic rings. The van der Waals surface area contributed by atoms with Crippen molar-refractivity contribution in [3.8, 4) is 6.07 Å². The summed E-state index contributed by atoms with van der Waals surface area (Å²) in [6.07, 6.45) is 2.16. The van der Waals surface area contributed by atoms with Gasteiger partial charge in [0.1, 0.15) is 5.52 Å².